The zero-order valence-corrected chi connectivity index (χ0v) is 18.0. The zero-order chi connectivity index (χ0) is 22.2. The molecule has 0 spiro atoms. The highest BCUT2D eigenvalue weighted by Crippen LogP contribution is 2.28. The van der Waals surface area contributed by atoms with Crippen molar-refractivity contribution in [3.63, 3.8) is 0 Å². The molecular formula is C26H21ClN2O3. The molecule has 0 fully saturated rings. The standard InChI is InChI=1S/C26H21ClN2O3/c27-21-8-7-19-13-24(30)23(12-16-5-6-17-3-1-2-4-18(17)11-16)28-26(22(19)15-21)20-9-10-29(32)25(31)14-20/h1-8,11,14-15,23,32H,9-10,12-13H2. The van der Waals surface area contributed by atoms with E-state index in [2.05, 4.69) is 24.3 Å². The second-order valence-corrected chi connectivity index (χ2v) is 8.64. The van der Waals surface area contributed by atoms with Gasteiger partial charge in [-0.3, -0.25) is 19.8 Å². The second kappa shape index (κ2) is 8.34. The molecule has 3 aromatic rings. The SMILES string of the molecule is O=C1Cc2ccc(Cl)cc2C(C2=CC(=O)N(O)CC2)=NC1Cc1ccc2ccccc2c1. The number of hydroxylamine groups is 2. The molecule has 0 saturated heterocycles. The Balaban J connectivity index is 1.58. The number of fused-ring (bicyclic) bond motifs is 2. The van der Waals surface area contributed by atoms with E-state index in [-0.39, 0.29) is 18.7 Å². The van der Waals surface area contributed by atoms with Crippen LogP contribution in [0.5, 0.6) is 0 Å². The van der Waals surface area contributed by atoms with Gasteiger partial charge in [0.2, 0.25) is 0 Å². The molecular weight excluding hydrogens is 424 g/mol. The summed E-state index contributed by atoms with van der Waals surface area (Å²) in [7, 11) is 0. The fourth-order valence-corrected chi connectivity index (χ4v) is 4.52. The molecule has 1 atom stereocenters. The number of amides is 1. The molecule has 160 valence electrons. The van der Waals surface area contributed by atoms with Crippen LogP contribution in [0.15, 0.2) is 77.3 Å². The summed E-state index contributed by atoms with van der Waals surface area (Å²) in [6.07, 6.45) is 2.58. The molecule has 0 bridgehead atoms. The van der Waals surface area contributed by atoms with Crippen LogP contribution in [0.1, 0.15) is 23.1 Å². The molecule has 0 aromatic heterocycles. The van der Waals surface area contributed by atoms with Gasteiger partial charge in [0.05, 0.1) is 12.3 Å². The first-order valence-electron chi connectivity index (χ1n) is 10.6. The third kappa shape index (κ3) is 3.97. The summed E-state index contributed by atoms with van der Waals surface area (Å²) in [5.41, 5.74) is 3.98. The first-order valence-corrected chi connectivity index (χ1v) is 10.9. The summed E-state index contributed by atoms with van der Waals surface area (Å²) >= 11 is 6.27. The molecule has 2 heterocycles. The molecule has 2 aliphatic heterocycles. The van der Waals surface area contributed by atoms with Crippen LogP contribution in [0.4, 0.5) is 0 Å². The Morgan fingerprint density at radius 3 is 2.66 bits per heavy atom. The maximum atomic E-state index is 13.2. The van der Waals surface area contributed by atoms with Crippen molar-refractivity contribution in [2.75, 3.05) is 6.54 Å². The van der Waals surface area contributed by atoms with E-state index in [9.17, 15) is 14.8 Å². The number of ketones is 1. The minimum atomic E-state index is -0.569. The molecule has 6 heteroatoms. The Morgan fingerprint density at radius 2 is 1.84 bits per heavy atom. The van der Waals surface area contributed by atoms with Crippen molar-refractivity contribution < 1.29 is 14.8 Å². The van der Waals surface area contributed by atoms with E-state index >= 15 is 0 Å². The van der Waals surface area contributed by atoms with E-state index in [0.717, 1.165) is 27.5 Å². The number of halogens is 1. The van der Waals surface area contributed by atoms with E-state index in [4.69, 9.17) is 16.6 Å². The lowest BCUT2D eigenvalue weighted by Gasteiger charge is -2.22. The van der Waals surface area contributed by atoms with Gasteiger partial charge >= 0.3 is 0 Å². The van der Waals surface area contributed by atoms with Crippen molar-refractivity contribution in [3.05, 3.63) is 94.0 Å². The first kappa shape index (κ1) is 20.6. The van der Waals surface area contributed by atoms with Crippen molar-refractivity contribution in [1.29, 1.82) is 0 Å². The summed E-state index contributed by atoms with van der Waals surface area (Å²) in [4.78, 5) is 30.2. The van der Waals surface area contributed by atoms with Crippen LogP contribution >= 0.6 is 11.6 Å². The van der Waals surface area contributed by atoms with Gasteiger partial charge in [-0.25, -0.2) is 5.06 Å². The third-order valence-corrected chi connectivity index (χ3v) is 6.28. The number of carbonyl (C=O) groups is 2. The van der Waals surface area contributed by atoms with Crippen molar-refractivity contribution in [3.8, 4) is 0 Å². The van der Waals surface area contributed by atoms with Crippen LogP contribution in [-0.2, 0) is 22.4 Å². The number of carbonyl (C=O) groups excluding carboxylic acids is 2. The van der Waals surface area contributed by atoms with Gasteiger partial charge < -0.3 is 0 Å². The van der Waals surface area contributed by atoms with Gasteiger partial charge in [-0.05, 0) is 46.0 Å². The monoisotopic (exact) mass is 444 g/mol. The van der Waals surface area contributed by atoms with Gasteiger partial charge in [-0.1, -0.05) is 60.1 Å². The molecule has 1 unspecified atom stereocenters. The van der Waals surface area contributed by atoms with Gasteiger partial charge in [-0.2, -0.15) is 0 Å². The maximum Gasteiger partial charge on any atom is 0.270 e. The predicted octanol–water partition coefficient (Wildman–Crippen LogP) is 4.57. The quantitative estimate of drug-likeness (QED) is 0.602. The second-order valence-electron chi connectivity index (χ2n) is 8.20. The third-order valence-electron chi connectivity index (χ3n) is 6.04. The van der Waals surface area contributed by atoms with Crippen LogP contribution in [-0.4, -0.2) is 40.3 Å². The van der Waals surface area contributed by atoms with Gasteiger partial charge in [0.1, 0.15) is 6.04 Å². The Morgan fingerprint density at radius 1 is 1.03 bits per heavy atom. The van der Waals surface area contributed by atoms with Crippen LogP contribution in [0.2, 0.25) is 5.02 Å². The van der Waals surface area contributed by atoms with E-state index < -0.39 is 11.9 Å². The summed E-state index contributed by atoms with van der Waals surface area (Å²) in [5.74, 6) is -0.456. The fourth-order valence-electron chi connectivity index (χ4n) is 4.35. The average molecular weight is 445 g/mol. The lowest BCUT2D eigenvalue weighted by Crippen LogP contribution is -2.32. The van der Waals surface area contributed by atoms with Crippen molar-refractivity contribution >= 4 is 39.8 Å². The highest BCUT2D eigenvalue weighted by Gasteiger charge is 2.29. The summed E-state index contributed by atoms with van der Waals surface area (Å²) < 4.78 is 0. The van der Waals surface area contributed by atoms with Crippen LogP contribution < -0.4 is 0 Å². The average Bonchev–Trinajstić information content (AvgIpc) is 2.92. The van der Waals surface area contributed by atoms with Crippen molar-refractivity contribution in [2.45, 2.75) is 25.3 Å². The topological polar surface area (TPSA) is 70.0 Å². The molecule has 32 heavy (non-hydrogen) atoms. The number of hydrogen-bond acceptors (Lipinski definition) is 4. The Hall–Kier alpha value is -3.28. The Bertz CT molecular complexity index is 1310. The predicted molar refractivity (Wildman–Crippen MR) is 124 cm³/mol. The van der Waals surface area contributed by atoms with E-state index in [1.165, 1.54) is 6.08 Å². The molecule has 1 amide bonds. The first-order chi connectivity index (χ1) is 15.5. The van der Waals surface area contributed by atoms with Crippen LogP contribution in [0, 0.1) is 0 Å². The summed E-state index contributed by atoms with van der Waals surface area (Å²) in [6.45, 7) is 0.183. The lowest BCUT2D eigenvalue weighted by atomic mass is 9.92. The fraction of sp³-hybridized carbons (Fsp3) is 0.192. The number of nitrogens with zero attached hydrogens (tertiary/aromatic N) is 2. The molecule has 0 saturated carbocycles. The van der Waals surface area contributed by atoms with Crippen molar-refractivity contribution in [1.82, 2.24) is 5.06 Å². The summed E-state index contributed by atoms with van der Waals surface area (Å²) in [6, 6.07) is 19.2. The largest absolute Gasteiger partial charge is 0.297 e. The lowest BCUT2D eigenvalue weighted by molar-refractivity contribution is -0.160. The van der Waals surface area contributed by atoms with Gasteiger partial charge in [0, 0.05) is 29.5 Å². The smallest absolute Gasteiger partial charge is 0.270 e. The van der Waals surface area contributed by atoms with Crippen molar-refractivity contribution in [2.24, 2.45) is 4.99 Å². The minimum Gasteiger partial charge on any atom is -0.297 e. The molecule has 0 radical (unpaired) electrons. The highest BCUT2D eigenvalue weighted by atomic mass is 35.5. The number of aliphatic imine (C=N–C) groups is 1. The van der Waals surface area contributed by atoms with Gasteiger partial charge in [-0.15, -0.1) is 0 Å². The van der Waals surface area contributed by atoms with Gasteiger partial charge in [0.15, 0.2) is 5.78 Å². The van der Waals surface area contributed by atoms with Crippen LogP contribution in [0.25, 0.3) is 10.8 Å². The van der Waals surface area contributed by atoms with E-state index in [0.29, 0.717) is 34.2 Å². The normalized spacial score (nSPS) is 18.8. The Labute approximate surface area is 190 Å². The molecule has 3 aromatic carbocycles. The number of Topliss-reactive ketones (excluding diaryl/α,β-unsaturated/α-hetero) is 1. The van der Waals surface area contributed by atoms with Gasteiger partial charge in [0.25, 0.3) is 5.91 Å². The number of rotatable bonds is 3. The Kier molecular flexibility index (Phi) is 5.37. The maximum absolute atomic E-state index is 13.2. The van der Waals surface area contributed by atoms with E-state index in [1.807, 2.05) is 24.3 Å². The highest BCUT2D eigenvalue weighted by molar-refractivity contribution is 6.31. The molecule has 0 aliphatic carbocycles. The molecule has 2 aliphatic rings. The van der Waals surface area contributed by atoms with Crippen LogP contribution in [0.3, 0.4) is 0 Å². The number of hydrogen-bond donors (Lipinski definition) is 1. The summed E-state index contributed by atoms with van der Waals surface area (Å²) in [5, 5.41) is 13.2. The number of benzene rings is 3. The zero-order valence-electron chi connectivity index (χ0n) is 17.3. The molecule has 5 rings (SSSR count). The minimum absolute atomic E-state index is 0.0308. The molecule has 5 nitrogen and oxygen atoms in total. The van der Waals surface area contributed by atoms with E-state index in [1.54, 1.807) is 12.1 Å². The molecule has 1 N–H and O–H groups in total.